The minimum absolute atomic E-state index is 0.118. The summed E-state index contributed by atoms with van der Waals surface area (Å²) in [5, 5.41) is 9.82. The van der Waals surface area contributed by atoms with Crippen LogP contribution in [0.5, 0.6) is 5.75 Å². The third kappa shape index (κ3) is 2.44. The molecule has 3 aliphatic rings. The van der Waals surface area contributed by atoms with Crippen LogP contribution in [0.2, 0.25) is 0 Å². The Bertz CT molecular complexity index is 757. The summed E-state index contributed by atoms with van der Waals surface area (Å²) in [6, 6.07) is 6.79. The zero-order valence-electron chi connectivity index (χ0n) is 14.0. The van der Waals surface area contributed by atoms with E-state index in [1.807, 2.05) is 12.2 Å². The van der Waals surface area contributed by atoms with Gasteiger partial charge in [-0.1, -0.05) is 30.4 Å². The number of allylic oxidation sites excluding steroid dienone is 2. The number of aromatic hydroxyl groups is 1. The number of likely N-dealkylation sites (tertiary alicyclic amines) is 1. The van der Waals surface area contributed by atoms with Gasteiger partial charge < -0.3 is 10.0 Å². The van der Waals surface area contributed by atoms with E-state index in [9.17, 15) is 19.5 Å². The van der Waals surface area contributed by atoms with Gasteiger partial charge in [-0.15, -0.1) is 0 Å². The van der Waals surface area contributed by atoms with Gasteiger partial charge in [0.15, 0.2) is 0 Å². The number of amides is 3. The fourth-order valence-electron chi connectivity index (χ4n) is 4.36. The standard InChI is InChI=1S/C19H20N2O4/c1-20(9-13-4-2-3-5-14(13)22)15(23)10-21-18(24)16-11-6-7-12(8-11)17(16)19(21)25/h2-7,11-12,16-17,22H,8-10H2,1H3/t11-,12-,16+,17+/m0/s1. The van der Waals surface area contributed by atoms with Crippen molar-refractivity contribution in [2.24, 2.45) is 23.7 Å². The first-order chi connectivity index (χ1) is 12.0. The van der Waals surface area contributed by atoms with E-state index in [1.165, 1.54) is 4.90 Å². The first-order valence-electron chi connectivity index (χ1n) is 8.51. The predicted molar refractivity (Wildman–Crippen MR) is 89.0 cm³/mol. The number of benzene rings is 1. The molecule has 6 heteroatoms. The Balaban J connectivity index is 1.44. The number of para-hydroxylation sites is 1. The Morgan fingerprint density at radius 2 is 1.76 bits per heavy atom. The van der Waals surface area contributed by atoms with Gasteiger partial charge in [0.05, 0.1) is 11.8 Å². The van der Waals surface area contributed by atoms with Gasteiger partial charge in [-0.25, -0.2) is 0 Å². The highest BCUT2D eigenvalue weighted by atomic mass is 16.3. The molecule has 1 heterocycles. The number of imide groups is 1. The summed E-state index contributed by atoms with van der Waals surface area (Å²) in [4.78, 5) is 40.3. The number of phenolic OH excluding ortho intramolecular Hbond substituents is 1. The maximum absolute atomic E-state index is 12.6. The molecule has 1 aromatic rings. The van der Waals surface area contributed by atoms with Crippen LogP contribution >= 0.6 is 0 Å². The molecule has 2 aliphatic carbocycles. The van der Waals surface area contributed by atoms with Crippen molar-refractivity contribution in [2.45, 2.75) is 13.0 Å². The Hall–Kier alpha value is -2.63. The molecule has 1 saturated heterocycles. The number of carbonyl (C=O) groups excluding carboxylic acids is 3. The second kappa shape index (κ2) is 5.72. The molecule has 0 unspecified atom stereocenters. The number of hydrogen-bond donors (Lipinski definition) is 1. The number of fused-ring (bicyclic) bond motifs is 5. The van der Waals surface area contributed by atoms with Crippen molar-refractivity contribution in [1.82, 2.24) is 9.80 Å². The maximum atomic E-state index is 12.6. The molecular weight excluding hydrogens is 320 g/mol. The summed E-state index contributed by atoms with van der Waals surface area (Å²) < 4.78 is 0. The van der Waals surface area contributed by atoms with Gasteiger partial charge in [0.1, 0.15) is 12.3 Å². The molecule has 4 atom stereocenters. The van der Waals surface area contributed by atoms with Gasteiger partial charge in [-0.05, 0) is 24.3 Å². The molecule has 1 saturated carbocycles. The van der Waals surface area contributed by atoms with E-state index in [1.54, 1.807) is 31.3 Å². The Labute approximate surface area is 145 Å². The molecule has 0 spiro atoms. The van der Waals surface area contributed by atoms with Crippen LogP contribution in [0.4, 0.5) is 0 Å². The summed E-state index contributed by atoms with van der Waals surface area (Å²) in [6.07, 6.45) is 4.95. The van der Waals surface area contributed by atoms with Crippen molar-refractivity contribution in [1.29, 1.82) is 0 Å². The quantitative estimate of drug-likeness (QED) is 0.659. The first-order valence-corrected chi connectivity index (χ1v) is 8.51. The highest BCUT2D eigenvalue weighted by Crippen LogP contribution is 2.52. The van der Waals surface area contributed by atoms with Crippen molar-refractivity contribution in [2.75, 3.05) is 13.6 Å². The zero-order chi connectivity index (χ0) is 17.7. The van der Waals surface area contributed by atoms with E-state index in [0.717, 1.165) is 11.3 Å². The van der Waals surface area contributed by atoms with E-state index in [4.69, 9.17) is 0 Å². The number of rotatable bonds is 4. The van der Waals surface area contributed by atoms with Crippen molar-refractivity contribution < 1.29 is 19.5 Å². The summed E-state index contributed by atoms with van der Waals surface area (Å²) in [7, 11) is 1.60. The van der Waals surface area contributed by atoms with Crippen molar-refractivity contribution in [3.63, 3.8) is 0 Å². The lowest BCUT2D eigenvalue weighted by atomic mass is 9.85. The minimum Gasteiger partial charge on any atom is -0.508 e. The van der Waals surface area contributed by atoms with E-state index in [-0.39, 0.29) is 60.2 Å². The first kappa shape index (κ1) is 15.9. The fourth-order valence-corrected chi connectivity index (χ4v) is 4.36. The molecule has 1 aliphatic heterocycles. The number of hydrogen-bond acceptors (Lipinski definition) is 4. The van der Waals surface area contributed by atoms with Crippen LogP contribution in [0.1, 0.15) is 12.0 Å². The number of carbonyl (C=O) groups is 3. The fraction of sp³-hybridized carbons (Fsp3) is 0.421. The summed E-state index contributed by atoms with van der Waals surface area (Å²) >= 11 is 0. The SMILES string of the molecule is CN(Cc1ccccc1O)C(=O)CN1C(=O)[C@H]2[C@H](C1=O)[C@H]1C=C[C@H]2C1. The van der Waals surface area contributed by atoms with Crippen molar-refractivity contribution >= 4 is 17.7 Å². The number of nitrogens with zero attached hydrogens (tertiary/aromatic N) is 2. The Morgan fingerprint density at radius 3 is 2.36 bits per heavy atom. The average molecular weight is 340 g/mol. The average Bonchev–Trinajstić information content (AvgIpc) is 3.26. The molecule has 6 nitrogen and oxygen atoms in total. The molecule has 130 valence electrons. The van der Waals surface area contributed by atoms with Gasteiger partial charge in [-0.3, -0.25) is 19.3 Å². The lowest BCUT2D eigenvalue weighted by molar-refractivity contribution is -0.146. The molecule has 3 amide bonds. The van der Waals surface area contributed by atoms with E-state index in [2.05, 4.69) is 0 Å². The predicted octanol–water partition coefficient (Wildman–Crippen LogP) is 1.16. The lowest BCUT2D eigenvalue weighted by Gasteiger charge is -2.22. The zero-order valence-corrected chi connectivity index (χ0v) is 14.0. The molecule has 4 rings (SSSR count). The van der Waals surface area contributed by atoms with Gasteiger partial charge in [-0.2, -0.15) is 0 Å². The third-order valence-corrected chi connectivity index (χ3v) is 5.68. The Morgan fingerprint density at radius 1 is 1.16 bits per heavy atom. The smallest absolute Gasteiger partial charge is 0.242 e. The molecule has 25 heavy (non-hydrogen) atoms. The minimum atomic E-state index is -0.315. The molecule has 2 bridgehead atoms. The number of phenols is 1. The molecule has 1 N–H and O–H groups in total. The third-order valence-electron chi connectivity index (χ3n) is 5.68. The van der Waals surface area contributed by atoms with Crippen LogP contribution in [0.3, 0.4) is 0 Å². The molecule has 0 radical (unpaired) electrons. The summed E-state index contributed by atoms with van der Waals surface area (Å²) in [5.74, 6) is -0.890. The monoisotopic (exact) mass is 340 g/mol. The largest absolute Gasteiger partial charge is 0.508 e. The highest BCUT2D eigenvalue weighted by Gasteiger charge is 2.59. The van der Waals surface area contributed by atoms with Crippen molar-refractivity contribution in [3.05, 3.63) is 42.0 Å². The summed E-state index contributed by atoms with van der Waals surface area (Å²) in [6.45, 7) is -0.00437. The molecule has 0 aromatic heterocycles. The molecule has 2 fully saturated rings. The van der Waals surface area contributed by atoms with Gasteiger partial charge >= 0.3 is 0 Å². The van der Waals surface area contributed by atoms with E-state index in [0.29, 0.717) is 5.56 Å². The second-order valence-electron chi connectivity index (χ2n) is 7.14. The van der Waals surface area contributed by atoms with Crippen LogP contribution in [-0.2, 0) is 20.9 Å². The summed E-state index contributed by atoms with van der Waals surface area (Å²) in [5.41, 5.74) is 0.622. The van der Waals surface area contributed by atoms with Crippen LogP contribution in [0.15, 0.2) is 36.4 Å². The number of likely N-dealkylation sites (N-methyl/N-ethyl adjacent to an activating group) is 1. The molecule has 1 aromatic carbocycles. The van der Waals surface area contributed by atoms with Crippen LogP contribution in [-0.4, -0.2) is 46.2 Å². The lowest BCUT2D eigenvalue weighted by Crippen LogP contribution is -2.42. The van der Waals surface area contributed by atoms with Gasteiger partial charge in [0.25, 0.3) is 0 Å². The highest BCUT2D eigenvalue weighted by molar-refractivity contribution is 6.08. The van der Waals surface area contributed by atoms with E-state index < -0.39 is 0 Å². The Kier molecular flexibility index (Phi) is 3.63. The van der Waals surface area contributed by atoms with E-state index >= 15 is 0 Å². The van der Waals surface area contributed by atoms with Gasteiger partial charge in [0, 0.05) is 19.2 Å². The second-order valence-corrected chi connectivity index (χ2v) is 7.14. The van der Waals surface area contributed by atoms with Crippen LogP contribution in [0.25, 0.3) is 0 Å². The topological polar surface area (TPSA) is 77.9 Å². The van der Waals surface area contributed by atoms with Crippen molar-refractivity contribution in [3.8, 4) is 5.75 Å². The molecular formula is C19H20N2O4. The normalized spacial score (nSPS) is 29.4. The van der Waals surface area contributed by atoms with Crippen LogP contribution in [0, 0.1) is 23.7 Å². The van der Waals surface area contributed by atoms with Gasteiger partial charge in [0.2, 0.25) is 17.7 Å². The van der Waals surface area contributed by atoms with Crippen LogP contribution < -0.4 is 0 Å². The maximum Gasteiger partial charge on any atom is 0.242 e.